The van der Waals surface area contributed by atoms with E-state index in [1.807, 2.05) is 7.11 Å². The van der Waals surface area contributed by atoms with E-state index >= 15 is 0 Å². The molecule has 1 saturated heterocycles. The third-order valence-corrected chi connectivity index (χ3v) is 3.99. The summed E-state index contributed by atoms with van der Waals surface area (Å²) in [7, 11) is 1.82. The number of rotatable bonds is 9. The molecular formula is C15H32N2O. The Morgan fingerprint density at radius 1 is 1.39 bits per heavy atom. The number of ether oxygens (including phenoxy) is 1. The minimum Gasteiger partial charge on any atom is -0.383 e. The zero-order valence-corrected chi connectivity index (χ0v) is 12.7. The smallest absolute Gasteiger partial charge is 0.0620 e. The highest BCUT2D eigenvalue weighted by atomic mass is 16.5. The molecule has 1 fully saturated rings. The van der Waals surface area contributed by atoms with Gasteiger partial charge >= 0.3 is 0 Å². The lowest BCUT2D eigenvalue weighted by Gasteiger charge is -2.35. The number of unbranched alkanes of at least 4 members (excludes halogenated alkanes) is 1. The maximum Gasteiger partial charge on any atom is 0.0620 e. The zero-order valence-electron chi connectivity index (χ0n) is 12.7. The molecule has 1 rings (SSSR count). The van der Waals surface area contributed by atoms with E-state index in [1.54, 1.807) is 0 Å². The molecule has 108 valence electrons. The van der Waals surface area contributed by atoms with Gasteiger partial charge in [0.2, 0.25) is 0 Å². The average molecular weight is 256 g/mol. The Morgan fingerprint density at radius 2 is 2.17 bits per heavy atom. The number of methoxy groups -OCH3 is 1. The second kappa shape index (κ2) is 8.89. The van der Waals surface area contributed by atoms with Crippen LogP contribution in [0.4, 0.5) is 0 Å². The Balaban J connectivity index is 2.54. The molecule has 18 heavy (non-hydrogen) atoms. The SMILES string of the molecule is CCCCN(CC1CCCN1)C(COC)C(C)C. The van der Waals surface area contributed by atoms with Crippen LogP contribution in [-0.4, -0.2) is 50.3 Å². The van der Waals surface area contributed by atoms with Crippen molar-refractivity contribution in [1.82, 2.24) is 10.2 Å². The maximum atomic E-state index is 5.43. The van der Waals surface area contributed by atoms with Gasteiger partial charge in [-0.15, -0.1) is 0 Å². The van der Waals surface area contributed by atoms with Crippen LogP contribution in [0.1, 0.15) is 46.5 Å². The van der Waals surface area contributed by atoms with Gasteiger partial charge in [-0.2, -0.15) is 0 Å². The second-order valence-electron chi connectivity index (χ2n) is 5.91. The van der Waals surface area contributed by atoms with Gasteiger partial charge in [0.25, 0.3) is 0 Å². The molecule has 1 heterocycles. The van der Waals surface area contributed by atoms with Crippen molar-refractivity contribution in [2.75, 3.05) is 33.4 Å². The third kappa shape index (κ3) is 5.25. The van der Waals surface area contributed by atoms with Gasteiger partial charge in [0.15, 0.2) is 0 Å². The molecule has 1 N–H and O–H groups in total. The predicted octanol–water partition coefficient (Wildman–Crippen LogP) is 2.51. The Hall–Kier alpha value is -0.120. The first-order chi connectivity index (χ1) is 8.69. The van der Waals surface area contributed by atoms with Crippen molar-refractivity contribution in [2.24, 2.45) is 5.92 Å². The molecule has 0 aliphatic carbocycles. The van der Waals surface area contributed by atoms with Crippen molar-refractivity contribution in [1.29, 1.82) is 0 Å². The first-order valence-electron chi connectivity index (χ1n) is 7.65. The van der Waals surface area contributed by atoms with Crippen molar-refractivity contribution in [3.8, 4) is 0 Å². The summed E-state index contributed by atoms with van der Waals surface area (Å²) in [6.45, 7) is 11.3. The molecule has 2 unspecified atom stereocenters. The van der Waals surface area contributed by atoms with Crippen LogP contribution in [0.25, 0.3) is 0 Å². The molecule has 0 spiro atoms. The van der Waals surface area contributed by atoms with Crippen molar-refractivity contribution in [2.45, 2.75) is 58.5 Å². The van der Waals surface area contributed by atoms with Crippen LogP contribution in [0.5, 0.6) is 0 Å². The van der Waals surface area contributed by atoms with E-state index in [2.05, 4.69) is 31.0 Å². The molecule has 3 nitrogen and oxygen atoms in total. The number of hydrogen-bond donors (Lipinski definition) is 1. The maximum absolute atomic E-state index is 5.43. The number of hydrogen-bond acceptors (Lipinski definition) is 3. The Kier molecular flexibility index (Phi) is 7.87. The molecule has 0 saturated carbocycles. The summed E-state index contributed by atoms with van der Waals surface area (Å²) >= 11 is 0. The largest absolute Gasteiger partial charge is 0.383 e. The quantitative estimate of drug-likeness (QED) is 0.686. The molecule has 0 aromatic carbocycles. The highest BCUT2D eigenvalue weighted by Gasteiger charge is 2.25. The van der Waals surface area contributed by atoms with Crippen molar-refractivity contribution >= 4 is 0 Å². The van der Waals surface area contributed by atoms with Gasteiger partial charge < -0.3 is 10.1 Å². The highest BCUT2D eigenvalue weighted by Crippen LogP contribution is 2.16. The first kappa shape index (κ1) is 15.9. The minimum absolute atomic E-state index is 0.559. The van der Waals surface area contributed by atoms with Crippen LogP contribution in [0, 0.1) is 5.92 Å². The third-order valence-electron chi connectivity index (χ3n) is 3.99. The van der Waals surface area contributed by atoms with E-state index in [0.29, 0.717) is 18.0 Å². The molecular weight excluding hydrogens is 224 g/mol. The second-order valence-corrected chi connectivity index (χ2v) is 5.91. The van der Waals surface area contributed by atoms with Crippen LogP contribution in [0.15, 0.2) is 0 Å². The minimum atomic E-state index is 0.559. The molecule has 1 aliphatic heterocycles. The topological polar surface area (TPSA) is 24.5 Å². The molecule has 3 heteroatoms. The van der Waals surface area contributed by atoms with Crippen molar-refractivity contribution < 1.29 is 4.74 Å². The van der Waals surface area contributed by atoms with Crippen molar-refractivity contribution in [3.63, 3.8) is 0 Å². The summed E-state index contributed by atoms with van der Waals surface area (Å²) in [6.07, 6.45) is 5.23. The monoisotopic (exact) mass is 256 g/mol. The standard InChI is InChI=1S/C15H32N2O/c1-5-6-10-17(11-14-8-7-9-16-14)15(12-18-4)13(2)3/h13-16H,5-12H2,1-4H3. The predicted molar refractivity (Wildman–Crippen MR) is 78.0 cm³/mol. The number of nitrogens with zero attached hydrogens (tertiary/aromatic N) is 1. The Labute approximate surface area is 113 Å². The van der Waals surface area contributed by atoms with Gasteiger partial charge in [0.05, 0.1) is 6.61 Å². The lowest BCUT2D eigenvalue weighted by atomic mass is 10.0. The van der Waals surface area contributed by atoms with Gasteiger partial charge in [-0.25, -0.2) is 0 Å². The average Bonchev–Trinajstić information content (AvgIpc) is 2.84. The normalized spacial score (nSPS) is 22.0. The van der Waals surface area contributed by atoms with E-state index in [1.165, 1.54) is 45.3 Å². The molecule has 0 bridgehead atoms. The van der Waals surface area contributed by atoms with Gasteiger partial charge in [0, 0.05) is 25.7 Å². The number of nitrogens with one attached hydrogen (secondary N) is 1. The summed E-state index contributed by atoms with van der Waals surface area (Å²) in [5, 5.41) is 3.62. The Morgan fingerprint density at radius 3 is 2.67 bits per heavy atom. The van der Waals surface area contributed by atoms with E-state index in [0.717, 1.165) is 6.61 Å². The highest BCUT2D eigenvalue weighted by molar-refractivity contribution is 4.82. The van der Waals surface area contributed by atoms with Gasteiger partial charge in [-0.05, 0) is 38.3 Å². The molecule has 2 atom stereocenters. The lowest BCUT2D eigenvalue weighted by Crippen LogP contribution is -2.48. The van der Waals surface area contributed by atoms with Gasteiger partial charge in [-0.3, -0.25) is 4.90 Å². The molecule has 0 radical (unpaired) electrons. The van der Waals surface area contributed by atoms with Crippen LogP contribution in [-0.2, 0) is 4.74 Å². The molecule has 1 aliphatic rings. The summed E-state index contributed by atoms with van der Waals surface area (Å²) in [4.78, 5) is 2.65. The molecule has 0 aromatic rings. The van der Waals surface area contributed by atoms with Crippen LogP contribution < -0.4 is 5.32 Å². The zero-order chi connectivity index (χ0) is 13.4. The Bertz CT molecular complexity index is 203. The van der Waals surface area contributed by atoms with Gasteiger partial charge in [0.1, 0.15) is 0 Å². The van der Waals surface area contributed by atoms with Crippen LogP contribution in [0.2, 0.25) is 0 Å². The fourth-order valence-corrected chi connectivity index (χ4v) is 2.84. The fraction of sp³-hybridized carbons (Fsp3) is 1.00. The molecule has 0 aromatic heterocycles. The summed E-state index contributed by atoms with van der Waals surface area (Å²) in [5.41, 5.74) is 0. The van der Waals surface area contributed by atoms with E-state index < -0.39 is 0 Å². The van der Waals surface area contributed by atoms with Crippen LogP contribution in [0.3, 0.4) is 0 Å². The van der Waals surface area contributed by atoms with E-state index in [-0.39, 0.29) is 0 Å². The van der Waals surface area contributed by atoms with E-state index in [9.17, 15) is 0 Å². The summed E-state index contributed by atoms with van der Waals surface area (Å²) in [5.74, 6) is 0.656. The summed E-state index contributed by atoms with van der Waals surface area (Å²) < 4.78 is 5.43. The van der Waals surface area contributed by atoms with E-state index in [4.69, 9.17) is 4.74 Å². The van der Waals surface area contributed by atoms with Crippen LogP contribution >= 0.6 is 0 Å². The molecule has 0 amide bonds. The summed E-state index contributed by atoms with van der Waals surface area (Å²) in [6, 6.07) is 1.25. The fourth-order valence-electron chi connectivity index (χ4n) is 2.84. The first-order valence-corrected chi connectivity index (χ1v) is 7.65. The van der Waals surface area contributed by atoms with Gasteiger partial charge in [-0.1, -0.05) is 27.2 Å². The van der Waals surface area contributed by atoms with Crippen molar-refractivity contribution in [3.05, 3.63) is 0 Å². The lowest BCUT2D eigenvalue weighted by molar-refractivity contribution is 0.0581.